The van der Waals surface area contributed by atoms with Gasteiger partial charge in [0.25, 0.3) is 0 Å². The monoisotopic (exact) mass is 666 g/mol. The minimum absolute atomic E-state index is 0.00603. The number of carbonyl (C=O) groups is 1. The van der Waals surface area contributed by atoms with Gasteiger partial charge < -0.3 is 15.0 Å². The number of ether oxygens (including phenoxy) is 1. The molecule has 0 bridgehead atoms. The lowest BCUT2D eigenvalue weighted by molar-refractivity contribution is -0.274. The number of Topliss-reactive ketones (excluding diaryl/α,β-unsaturated/α-hetero) is 1. The van der Waals surface area contributed by atoms with E-state index in [0.717, 1.165) is 34.1 Å². The Kier molecular flexibility index (Phi) is 8.50. The fraction of sp³-hybridized carbons (Fsp3) is 0.357. The molecule has 2 fully saturated rings. The molecule has 1 atom stereocenters. The van der Waals surface area contributed by atoms with Crippen molar-refractivity contribution in [2.75, 3.05) is 31.1 Å². The van der Waals surface area contributed by atoms with Crippen LogP contribution in [0, 0.1) is 0 Å². The summed E-state index contributed by atoms with van der Waals surface area (Å²) in [4.78, 5) is 27.8. The van der Waals surface area contributed by atoms with E-state index in [1.54, 1.807) is 6.20 Å². The molecule has 1 saturated carbocycles. The Morgan fingerprint density at radius 3 is 2.48 bits per heavy atom. The molecule has 4 aromatic rings. The molecule has 1 aliphatic heterocycles. The molecule has 10 nitrogen and oxygen atoms in total. The Balaban J connectivity index is 1.21. The van der Waals surface area contributed by atoms with Crippen LogP contribution in [-0.4, -0.2) is 72.0 Å². The number of carbonyl (C=O) groups excluding carboxylic acids is 1. The van der Waals surface area contributed by atoms with Crippen molar-refractivity contribution in [3.63, 3.8) is 0 Å². The number of nitrogens with one attached hydrogen (secondary N) is 1. The largest absolute Gasteiger partial charge is 0.573 e. The van der Waals surface area contributed by atoms with Crippen LogP contribution in [0.15, 0.2) is 59.6 Å². The van der Waals surface area contributed by atoms with Crippen LogP contribution in [0.4, 0.5) is 18.3 Å². The first-order chi connectivity index (χ1) is 21.0. The van der Waals surface area contributed by atoms with Crippen molar-refractivity contribution in [3.05, 3.63) is 71.1 Å². The molecule has 6 rings (SSSR count). The van der Waals surface area contributed by atoms with Crippen LogP contribution in [0.25, 0.3) is 10.3 Å². The summed E-state index contributed by atoms with van der Waals surface area (Å²) in [5, 5.41) is 3.70. The fourth-order valence-electron chi connectivity index (χ4n) is 5.05. The lowest BCUT2D eigenvalue weighted by atomic mass is 10.1. The number of hydrogen-bond donors (Lipinski definition) is 1. The van der Waals surface area contributed by atoms with Gasteiger partial charge in [-0.3, -0.25) is 4.79 Å². The average molecular weight is 667 g/mol. The maximum atomic E-state index is 13.7. The smallest absolute Gasteiger partial charge is 0.406 e. The van der Waals surface area contributed by atoms with Crippen molar-refractivity contribution in [2.45, 2.75) is 42.6 Å². The van der Waals surface area contributed by atoms with Gasteiger partial charge in [0.1, 0.15) is 11.8 Å². The van der Waals surface area contributed by atoms with E-state index in [9.17, 15) is 26.4 Å². The lowest BCUT2D eigenvalue weighted by Crippen LogP contribution is -2.59. The Morgan fingerprint density at radius 2 is 1.80 bits per heavy atom. The van der Waals surface area contributed by atoms with E-state index in [0.29, 0.717) is 27.9 Å². The highest BCUT2D eigenvalue weighted by molar-refractivity contribution is 7.89. The Bertz CT molecular complexity index is 1770. The standard InChI is InChI=1S/C28H26ClF3N6O4S2/c29-26-34-15-24-25(35-26)36-27(43-24)37-11-12-38(44(40,41)21-9-7-20(8-10-21)42-28(30,31)32)22(16-37)23(39)14-33-13-17-1-3-18(4-2-17)19-5-6-19/h1-4,7-10,15,19,22,33H,5-6,11-14,16H2/t22-/m1/s1. The van der Waals surface area contributed by atoms with Gasteiger partial charge in [-0.1, -0.05) is 35.6 Å². The molecule has 1 N–H and O–H groups in total. The van der Waals surface area contributed by atoms with Crippen molar-refractivity contribution in [3.8, 4) is 5.75 Å². The molecule has 0 amide bonds. The third-order valence-electron chi connectivity index (χ3n) is 7.40. The summed E-state index contributed by atoms with van der Waals surface area (Å²) in [6, 6.07) is 11.0. The minimum Gasteiger partial charge on any atom is -0.406 e. The molecule has 232 valence electrons. The average Bonchev–Trinajstić information content (AvgIpc) is 3.75. The van der Waals surface area contributed by atoms with Crippen molar-refractivity contribution in [2.24, 2.45) is 0 Å². The second kappa shape index (κ2) is 12.2. The highest BCUT2D eigenvalue weighted by Gasteiger charge is 2.41. The number of thiazole rings is 1. The molecule has 1 saturated heterocycles. The maximum Gasteiger partial charge on any atom is 0.573 e. The molecular formula is C28H26ClF3N6O4S2. The zero-order chi connectivity index (χ0) is 31.1. The second-order valence-electron chi connectivity index (χ2n) is 10.5. The van der Waals surface area contributed by atoms with E-state index in [1.165, 1.54) is 29.7 Å². The summed E-state index contributed by atoms with van der Waals surface area (Å²) in [6.07, 6.45) is -0.971. The van der Waals surface area contributed by atoms with Gasteiger partial charge in [0, 0.05) is 26.2 Å². The summed E-state index contributed by atoms with van der Waals surface area (Å²) in [5.41, 5.74) is 2.68. The minimum atomic E-state index is -4.92. The number of benzene rings is 2. The maximum absolute atomic E-state index is 13.7. The number of rotatable bonds is 10. The van der Waals surface area contributed by atoms with Gasteiger partial charge in [-0.05, 0) is 65.8 Å². The molecule has 1 aliphatic carbocycles. The number of halogens is 4. The topological polar surface area (TPSA) is 118 Å². The summed E-state index contributed by atoms with van der Waals surface area (Å²) >= 11 is 7.20. The number of fused-ring (bicyclic) bond motifs is 1. The van der Waals surface area contributed by atoms with E-state index in [4.69, 9.17) is 11.6 Å². The Hall–Kier alpha value is -3.37. The van der Waals surface area contributed by atoms with Crippen LogP contribution >= 0.6 is 22.9 Å². The van der Waals surface area contributed by atoms with Gasteiger partial charge in [-0.15, -0.1) is 13.2 Å². The predicted octanol–water partition coefficient (Wildman–Crippen LogP) is 4.75. The van der Waals surface area contributed by atoms with Gasteiger partial charge >= 0.3 is 6.36 Å². The third kappa shape index (κ3) is 6.96. The van der Waals surface area contributed by atoms with Gasteiger partial charge in [-0.2, -0.15) is 14.3 Å². The normalized spacial score (nSPS) is 18.1. The first-order valence-corrected chi connectivity index (χ1v) is 16.3. The van der Waals surface area contributed by atoms with E-state index in [1.807, 2.05) is 17.0 Å². The molecule has 2 aromatic carbocycles. The second-order valence-corrected chi connectivity index (χ2v) is 13.7. The van der Waals surface area contributed by atoms with Crippen molar-refractivity contribution in [1.29, 1.82) is 0 Å². The Morgan fingerprint density at radius 1 is 1.07 bits per heavy atom. The quantitative estimate of drug-likeness (QED) is 0.239. The molecule has 0 spiro atoms. The van der Waals surface area contributed by atoms with E-state index < -0.39 is 28.2 Å². The molecule has 0 radical (unpaired) electrons. The number of piperazine rings is 1. The highest BCUT2D eigenvalue weighted by atomic mass is 35.5. The lowest BCUT2D eigenvalue weighted by Gasteiger charge is -2.39. The van der Waals surface area contributed by atoms with Crippen LogP contribution in [0.3, 0.4) is 0 Å². The third-order valence-corrected chi connectivity index (χ3v) is 10.5. The van der Waals surface area contributed by atoms with Crippen molar-refractivity contribution >= 4 is 54.2 Å². The first kappa shape index (κ1) is 30.6. The number of aromatic nitrogens is 3. The zero-order valence-electron chi connectivity index (χ0n) is 23.0. The number of nitrogens with zero attached hydrogens (tertiary/aromatic N) is 5. The number of alkyl halides is 3. The van der Waals surface area contributed by atoms with Gasteiger partial charge in [0.05, 0.1) is 22.3 Å². The SMILES string of the molecule is O=C(CNCc1ccc(C2CC2)cc1)[C@H]1CN(c2nc3nc(Cl)ncc3s2)CCN1S(=O)(=O)c1ccc(OC(F)(F)F)cc1. The van der Waals surface area contributed by atoms with Crippen LogP contribution in [-0.2, 0) is 21.4 Å². The molecule has 44 heavy (non-hydrogen) atoms. The summed E-state index contributed by atoms with van der Waals surface area (Å²) < 4.78 is 71.0. The van der Waals surface area contributed by atoms with Crippen molar-refractivity contribution < 1.29 is 31.1 Å². The molecule has 3 heterocycles. The van der Waals surface area contributed by atoms with E-state index in [2.05, 4.69) is 37.1 Å². The first-order valence-electron chi connectivity index (χ1n) is 13.7. The van der Waals surface area contributed by atoms with Crippen LogP contribution in [0.5, 0.6) is 5.75 Å². The van der Waals surface area contributed by atoms with Crippen LogP contribution < -0.4 is 15.0 Å². The van der Waals surface area contributed by atoms with E-state index >= 15 is 0 Å². The van der Waals surface area contributed by atoms with Crippen LogP contribution in [0.2, 0.25) is 5.28 Å². The number of anilines is 1. The molecule has 0 unspecified atom stereocenters. The Labute approximate surface area is 259 Å². The fourth-order valence-corrected chi connectivity index (χ4v) is 7.68. The van der Waals surface area contributed by atoms with Crippen LogP contribution in [0.1, 0.15) is 29.9 Å². The summed E-state index contributed by atoms with van der Waals surface area (Å²) in [7, 11) is -4.27. The molecular weight excluding hydrogens is 641 g/mol. The van der Waals surface area contributed by atoms with Gasteiger partial charge in [-0.25, -0.2) is 13.4 Å². The molecule has 16 heteroatoms. The zero-order valence-corrected chi connectivity index (χ0v) is 25.4. The summed E-state index contributed by atoms with van der Waals surface area (Å²) in [5.74, 6) is -0.287. The number of ketones is 1. The number of hydrogen-bond acceptors (Lipinski definition) is 10. The summed E-state index contributed by atoms with van der Waals surface area (Å²) in [6.45, 7) is 0.461. The number of sulfonamides is 1. The van der Waals surface area contributed by atoms with E-state index in [-0.39, 0.29) is 42.1 Å². The van der Waals surface area contributed by atoms with Crippen molar-refractivity contribution in [1.82, 2.24) is 24.6 Å². The van der Waals surface area contributed by atoms with Gasteiger partial charge in [0.2, 0.25) is 15.3 Å². The molecule has 2 aliphatic rings. The van der Waals surface area contributed by atoms with Gasteiger partial charge in [0.15, 0.2) is 16.6 Å². The predicted molar refractivity (Wildman–Crippen MR) is 158 cm³/mol. The molecule has 2 aromatic heterocycles. The highest BCUT2D eigenvalue weighted by Crippen LogP contribution is 2.40.